The lowest BCUT2D eigenvalue weighted by Crippen LogP contribution is -2.28. The normalized spacial score (nSPS) is 10.3. The summed E-state index contributed by atoms with van der Waals surface area (Å²) in [6.45, 7) is 0.843. The molecule has 0 fully saturated rings. The zero-order valence-corrected chi connectivity index (χ0v) is 19.3. The van der Waals surface area contributed by atoms with Crippen LogP contribution in [0.2, 0.25) is 0 Å². The van der Waals surface area contributed by atoms with E-state index in [9.17, 15) is 14.4 Å². The largest absolute Gasteiger partial charge is 0.348 e. The van der Waals surface area contributed by atoms with Crippen molar-refractivity contribution < 1.29 is 14.4 Å². The number of carbonyl (C=O) groups excluding carboxylic acids is 3. The fraction of sp³-hybridized carbons (Fsp3) is 0.111. The lowest BCUT2D eigenvalue weighted by molar-refractivity contribution is 0.0950. The predicted molar refractivity (Wildman–Crippen MR) is 133 cm³/mol. The van der Waals surface area contributed by atoms with Crippen LogP contribution in [-0.4, -0.2) is 32.7 Å². The van der Waals surface area contributed by atoms with Crippen LogP contribution >= 0.6 is 0 Å². The molecular weight excluding hydrogens is 456 g/mol. The molecule has 0 unspecified atom stereocenters. The molecule has 3 heterocycles. The van der Waals surface area contributed by atoms with Gasteiger partial charge in [0.25, 0.3) is 17.7 Å². The average molecular weight is 481 g/mol. The summed E-state index contributed by atoms with van der Waals surface area (Å²) in [5.74, 6) is -1.21. The van der Waals surface area contributed by atoms with E-state index in [0.717, 1.165) is 16.7 Å². The van der Waals surface area contributed by atoms with Gasteiger partial charge in [-0.3, -0.25) is 29.3 Å². The second kappa shape index (κ2) is 12.0. The second-order valence-electron chi connectivity index (χ2n) is 7.91. The standard InChI is InChI=1S/C27H24N6O3/c34-25(31-16-19-1-7-28-8-2-19)22-13-23(26(35)32-17-20-3-9-29-10-4-20)15-24(14-22)27(36)33-18-21-5-11-30-12-6-21/h1-15H,16-18H2,(H,31,34)(H,32,35)(H,33,36). The van der Waals surface area contributed by atoms with Crippen LogP contribution in [0.5, 0.6) is 0 Å². The Balaban J connectivity index is 1.52. The van der Waals surface area contributed by atoms with E-state index in [1.165, 1.54) is 18.2 Å². The molecule has 1 aromatic carbocycles. The smallest absolute Gasteiger partial charge is 0.251 e. The van der Waals surface area contributed by atoms with Gasteiger partial charge < -0.3 is 16.0 Å². The van der Waals surface area contributed by atoms with Crippen LogP contribution in [-0.2, 0) is 19.6 Å². The molecule has 0 aliphatic heterocycles. The summed E-state index contributed by atoms with van der Waals surface area (Å²) in [6.07, 6.45) is 9.84. The Morgan fingerprint density at radius 2 is 0.722 bits per heavy atom. The third-order valence-electron chi connectivity index (χ3n) is 5.33. The highest BCUT2D eigenvalue weighted by Gasteiger charge is 2.17. The Kier molecular flexibility index (Phi) is 8.06. The molecule has 0 radical (unpaired) electrons. The first-order valence-electron chi connectivity index (χ1n) is 11.2. The minimum Gasteiger partial charge on any atom is -0.348 e. The van der Waals surface area contributed by atoms with Crippen molar-refractivity contribution in [3.8, 4) is 0 Å². The molecule has 0 saturated heterocycles. The van der Waals surface area contributed by atoms with Crippen molar-refractivity contribution in [2.24, 2.45) is 0 Å². The Hall–Kier alpha value is -4.92. The number of aromatic nitrogens is 3. The summed E-state index contributed by atoms with van der Waals surface area (Å²) >= 11 is 0. The first-order chi connectivity index (χ1) is 17.6. The van der Waals surface area contributed by atoms with Gasteiger partial charge in [0.05, 0.1) is 0 Å². The van der Waals surface area contributed by atoms with Gasteiger partial charge in [-0.25, -0.2) is 0 Å². The molecule has 36 heavy (non-hydrogen) atoms. The Morgan fingerprint density at radius 1 is 0.472 bits per heavy atom. The summed E-state index contributed by atoms with van der Waals surface area (Å²) in [7, 11) is 0. The van der Waals surface area contributed by atoms with Gasteiger partial charge in [-0.05, 0) is 71.3 Å². The third kappa shape index (κ3) is 6.80. The molecule has 0 aliphatic rings. The highest BCUT2D eigenvalue weighted by molar-refractivity contribution is 6.04. The molecule has 0 aliphatic carbocycles. The van der Waals surface area contributed by atoms with Crippen LogP contribution in [0, 0.1) is 0 Å². The number of hydrogen-bond donors (Lipinski definition) is 3. The van der Waals surface area contributed by atoms with E-state index >= 15 is 0 Å². The molecule has 9 heteroatoms. The number of carbonyl (C=O) groups is 3. The zero-order chi connectivity index (χ0) is 25.2. The Bertz CT molecular complexity index is 1150. The third-order valence-corrected chi connectivity index (χ3v) is 5.33. The van der Waals surface area contributed by atoms with Crippen molar-refractivity contribution in [1.29, 1.82) is 0 Å². The van der Waals surface area contributed by atoms with Crippen molar-refractivity contribution in [3.63, 3.8) is 0 Å². The summed E-state index contributed by atoms with van der Waals surface area (Å²) in [5, 5.41) is 8.46. The molecule has 9 nitrogen and oxygen atoms in total. The van der Waals surface area contributed by atoms with Gasteiger partial charge in [0.15, 0.2) is 0 Å². The zero-order valence-electron chi connectivity index (χ0n) is 19.3. The molecule has 3 amide bonds. The monoisotopic (exact) mass is 480 g/mol. The minimum atomic E-state index is -0.404. The quantitative estimate of drug-likeness (QED) is 0.338. The van der Waals surface area contributed by atoms with E-state index in [4.69, 9.17) is 0 Å². The van der Waals surface area contributed by atoms with Crippen LogP contribution < -0.4 is 16.0 Å². The Labute approximate surface area is 208 Å². The fourth-order valence-electron chi connectivity index (χ4n) is 3.38. The molecule has 0 spiro atoms. The van der Waals surface area contributed by atoms with Gasteiger partial charge in [-0.2, -0.15) is 0 Å². The lowest BCUT2D eigenvalue weighted by atomic mass is 10.0. The highest BCUT2D eigenvalue weighted by Crippen LogP contribution is 2.13. The Morgan fingerprint density at radius 3 is 0.972 bits per heavy atom. The molecule has 0 bridgehead atoms. The first-order valence-corrected chi connectivity index (χ1v) is 11.2. The summed E-state index contributed by atoms with van der Waals surface area (Å²) in [4.78, 5) is 50.7. The number of nitrogens with one attached hydrogen (secondary N) is 3. The van der Waals surface area contributed by atoms with Crippen molar-refractivity contribution in [2.75, 3.05) is 0 Å². The summed E-state index contributed by atoms with van der Waals surface area (Å²) < 4.78 is 0. The van der Waals surface area contributed by atoms with Crippen molar-refractivity contribution in [1.82, 2.24) is 30.9 Å². The molecule has 3 N–H and O–H groups in total. The number of rotatable bonds is 9. The number of hydrogen-bond acceptors (Lipinski definition) is 6. The van der Waals surface area contributed by atoms with Gasteiger partial charge >= 0.3 is 0 Å². The molecule has 3 aromatic heterocycles. The van der Waals surface area contributed by atoms with E-state index in [1.54, 1.807) is 73.6 Å². The topological polar surface area (TPSA) is 126 Å². The number of amides is 3. The van der Waals surface area contributed by atoms with Crippen molar-refractivity contribution in [3.05, 3.63) is 125 Å². The van der Waals surface area contributed by atoms with Crippen LogP contribution in [0.1, 0.15) is 47.8 Å². The summed E-state index contributed by atoms with van der Waals surface area (Å²) in [6, 6.07) is 15.2. The predicted octanol–water partition coefficient (Wildman–Crippen LogP) is 2.66. The number of nitrogens with zero attached hydrogens (tertiary/aromatic N) is 3. The molecule has 4 rings (SSSR count). The first kappa shape index (κ1) is 24.2. The van der Waals surface area contributed by atoms with Crippen LogP contribution in [0.25, 0.3) is 0 Å². The average Bonchev–Trinajstić information content (AvgIpc) is 2.94. The maximum absolute atomic E-state index is 12.9. The van der Waals surface area contributed by atoms with Gasteiger partial charge in [0.2, 0.25) is 0 Å². The second-order valence-corrected chi connectivity index (χ2v) is 7.91. The van der Waals surface area contributed by atoms with Gasteiger partial charge in [-0.15, -0.1) is 0 Å². The van der Waals surface area contributed by atoms with Crippen molar-refractivity contribution in [2.45, 2.75) is 19.6 Å². The van der Waals surface area contributed by atoms with Gasteiger partial charge in [-0.1, -0.05) is 0 Å². The minimum absolute atomic E-state index is 0.203. The molecule has 180 valence electrons. The lowest BCUT2D eigenvalue weighted by Gasteiger charge is -2.12. The molecule has 4 aromatic rings. The van der Waals surface area contributed by atoms with E-state index in [0.29, 0.717) is 0 Å². The van der Waals surface area contributed by atoms with Crippen molar-refractivity contribution >= 4 is 17.7 Å². The van der Waals surface area contributed by atoms with Gasteiger partial charge in [0, 0.05) is 73.5 Å². The maximum atomic E-state index is 12.9. The SMILES string of the molecule is O=C(NCc1ccncc1)c1cc(C(=O)NCc2ccncc2)cc(C(=O)NCc2ccncc2)c1. The number of pyridine rings is 3. The van der Waals surface area contributed by atoms with Crippen LogP contribution in [0.4, 0.5) is 0 Å². The molecular formula is C27H24N6O3. The molecule has 0 saturated carbocycles. The van der Waals surface area contributed by atoms with Crippen LogP contribution in [0.3, 0.4) is 0 Å². The van der Waals surface area contributed by atoms with E-state index in [2.05, 4.69) is 30.9 Å². The van der Waals surface area contributed by atoms with Gasteiger partial charge in [0.1, 0.15) is 0 Å². The summed E-state index contributed by atoms with van der Waals surface area (Å²) in [5.41, 5.74) is 3.23. The van der Waals surface area contributed by atoms with Crippen LogP contribution in [0.15, 0.2) is 91.8 Å². The molecule has 0 atom stereocenters. The number of benzene rings is 1. The maximum Gasteiger partial charge on any atom is 0.251 e. The highest BCUT2D eigenvalue weighted by atomic mass is 16.2. The fourth-order valence-corrected chi connectivity index (χ4v) is 3.38. The van der Waals surface area contributed by atoms with E-state index in [1.807, 2.05) is 0 Å². The van der Waals surface area contributed by atoms with E-state index < -0.39 is 17.7 Å². The van der Waals surface area contributed by atoms with E-state index in [-0.39, 0.29) is 36.3 Å².